The van der Waals surface area contributed by atoms with Crippen molar-refractivity contribution in [2.75, 3.05) is 32.8 Å². The van der Waals surface area contributed by atoms with Crippen LogP contribution in [0.25, 0.3) is 5.57 Å². The first-order valence-electron chi connectivity index (χ1n) is 9.62. The van der Waals surface area contributed by atoms with Gasteiger partial charge in [-0.25, -0.2) is 0 Å². The van der Waals surface area contributed by atoms with Crippen LogP contribution >= 0.6 is 0 Å². The normalized spacial score (nSPS) is 19.0. The maximum atomic E-state index is 13.1. The Labute approximate surface area is 155 Å². The van der Waals surface area contributed by atoms with E-state index >= 15 is 0 Å². The number of carbonyl (C=O) groups excluding carboxylic acids is 2. The Morgan fingerprint density at radius 1 is 1.08 bits per heavy atom. The molecular weight excluding hydrogens is 328 g/mol. The van der Waals surface area contributed by atoms with E-state index in [1.165, 1.54) is 4.90 Å². The van der Waals surface area contributed by atoms with E-state index < -0.39 is 0 Å². The minimum absolute atomic E-state index is 0.153. The lowest BCUT2D eigenvalue weighted by molar-refractivity contribution is -0.137. The molecule has 140 valence electrons. The van der Waals surface area contributed by atoms with Crippen LogP contribution in [0.15, 0.2) is 36.0 Å². The number of carbonyl (C=O) groups is 2. The van der Waals surface area contributed by atoms with Crippen LogP contribution in [0.4, 0.5) is 0 Å². The molecule has 26 heavy (non-hydrogen) atoms. The molecule has 2 heterocycles. The summed E-state index contributed by atoms with van der Waals surface area (Å²) in [6, 6.07) is 9.57. The summed E-state index contributed by atoms with van der Waals surface area (Å²) in [4.78, 5) is 29.7. The van der Waals surface area contributed by atoms with Gasteiger partial charge >= 0.3 is 0 Å². The molecule has 5 heteroatoms. The largest absolute Gasteiger partial charge is 0.382 e. The van der Waals surface area contributed by atoms with Crippen molar-refractivity contribution in [3.05, 3.63) is 41.6 Å². The molecule has 0 unspecified atom stereocenters. The molecule has 0 bridgehead atoms. The maximum absolute atomic E-state index is 13.1. The number of hydrogen-bond donors (Lipinski definition) is 0. The van der Waals surface area contributed by atoms with Gasteiger partial charge in [-0.2, -0.15) is 0 Å². The highest BCUT2D eigenvalue weighted by atomic mass is 16.5. The minimum Gasteiger partial charge on any atom is -0.382 e. The maximum Gasteiger partial charge on any atom is 0.277 e. The van der Waals surface area contributed by atoms with Gasteiger partial charge in [0.1, 0.15) is 5.70 Å². The van der Waals surface area contributed by atoms with Crippen LogP contribution in [0.2, 0.25) is 0 Å². The van der Waals surface area contributed by atoms with E-state index in [1.807, 2.05) is 37.3 Å². The molecule has 3 rings (SSSR count). The number of rotatable bonds is 7. The highest BCUT2D eigenvalue weighted by Gasteiger charge is 2.41. The average Bonchev–Trinajstić information content (AvgIpc) is 2.91. The monoisotopic (exact) mass is 356 g/mol. The van der Waals surface area contributed by atoms with Crippen LogP contribution in [0.3, 0.4) is 0 Å². The van der Waals surface area contributed by atoms with Gasteiger partial charge in [0.25, 0.3) is 11.8 Å². The van der Waals surface area contributed by atoms with Gasteiger partial charge in [-0.1, -0.05) is 37.3 Å². The lowest BCUT2D eigenvalue weighted by Crippen LogP contribution is -2.39. The fraction of sp³-hybridized carbons (Fsp3) is 0.524. The molecule has 0 spiro atoms. The van der Waals surface area contributed by atoms with Crippen molar-refractivity contribution in [1.82, 2.24) is 9.80 Å². The molecule has 1 aromatic carbocycles. The van der Waals surface area contributed by atoms with Gasteiger partial charge in [0.2, 0.25) is 0 Å². The standard InChI is InChI=1S/C21H28N2O3/c1-3-26-15-7-12-23-20(24)18(17-8-5-4-6-9-17)19(21(23)25)22-13-10-16(2)11-14-22/h4-6,8-9,16H,3,7,10-15H2,1-2H3. The molecule has 1 aromatic rings. The van der Waals surface area contributed by atoms with Gasteiger partial charge in [0, 0.05) is 32.8 Å². The summed E-state index contributed by atoms with van der Waals surface area (Å²) in [6.07, 6.45) is 2.77. The van der Waals surface area contributed by atoms with Gasteiger partial charge in [-0.3, -0.25) is 14.5 Å². The van der Waals surface area contributed by atoms with E-state index in [1.54, 1.807) is 0 Å². The average molecular weight is 356 g/mol. The molecule has 0 radical (unpaired) electrons. The Balaban J connectivity index is 1.87. The lowest BCUT2D eigenvalue weighted by Gasteiger charge is -2.32. The summed E-state index contributed by atoms with van der Waals surface area (Å²) in [5, 5.41) is 0. The van der Waals surface area contributed by atoms with Crippen molar-refractivity contribution < 1.29 is 14.3 Å². The minimum atomic E-state index is -0.175. The van der Waals surface area contributed by atoms with Crippen molar-refractivity contribution in [3.8, 4) is 0 Å². The Hall–Kier alpha value is -2.14. The third-order valence-electron chi connectivity index (χ3n) is 5.18. The van der Waals surface area contributed by atoms with E-state index in [0.717, 1.165) is 31.5 Å². The summed E-state index contributed by atoms with van der Waals surface area (Å²) in [5.74, 6) is 0.341. The first kappa shape index (κ1) is 18.6. The van der Waals surface area contributed by atoms with E-state index in [9.17, 15) is 9.59 Å². The smallest absolute Gasteiger partial charge is 0.277 e. The first-order chi connectivity index (χ1) is 12.6. The molecular formula is C21H28N2O3. The van der Waals surface area contributed by atoms with Crippen LogP contribution in [0.1, 0.15) is 38.7 Å². The highest BCUT2D eigenvalue weighted by Crippen LogP contribution is 2.33. The number of hydrogen-bond acceptors (Lipinski definition) is 4. The molecule has 0 N–H and O–H groups in total. The molecule has 2 aliphatic rings. The van der Waals surface area contributed by atoms with E-state index in [0.29, 0.717) is 43.4 Å². The fourth-order valence-corrected chi connectivity index (χ4v) is 3.63. The van der Waals surface area contributed by atoms with Crippen molar-refractivity contribution in [2.24, 2.45) is 5.92 Å². The summed E-state index contributed by atoms with van der Waals surface area (Å²) in [5.41, 5.74) is 1.97. The Morgan fingerprint density at radius 3 is 2.42 bits per heavy atom. The van der Waals surface area contributed by atoms with Crippen LogP contribution in [-0.2, 0) is 14.3 Å². The summed E-state index contributed by atoms with van der Waals surface area (Å²) >= 11 is 0. The molecule has 5 nitrogen and oxygen atoms in total. The van der Waals surface area contributed by atoms with Crippen molar-refractivity contribution >= 4 is 17.4 Å². The molecule has 1 saturated heterocycles. The zero-order valence-electron chi connectivity index (χ0n) is 15.7. The topological polar surface area (TPSA) is 49.9 Å². The molecule has 1 fully saturated rings. The SMILES string of the molecule is CCOCCCN1C(=O)C(c2ccccc2)=C(N2CCC(C)CC2)C1=O. The van der Waals surface area contributed by atoms with E-state index in [-0.39, 0.29) is 11.8 Å². The lowest BCUT2D eigenvalue weighted by atomic mass is 9.97. The predicted molar refractivity (Wildman–Crippen MR) is 101 cm³/mol. The first-order valence-corrected chi connectivity index (χ1v) is 9.62. The number of nitrogens with zero attached hydrogens (tertiary/aromatic N) is 2. The highest BCUT2D eigenvalue weighted by molar-refractivity contribution is 6.35. The Bertz CT molecular complexity index is 676. The summed E-state index contributed by atoms with van der Waals surface area (Å²) < 4.78 is 5.36. The van der Waals surface area contributed by atoms with E-state index in [2.05, 4.69) is 11.8 Å². The zero-order valence-corrected chi connectivity index (χ0v) is 15.7. The number of likely N-dealkylation sites (tertiary alicyclic amines) is 1. The van der Waals surface area contributed by atoms with Crippen LogP contribution < -0.4 is 0 Å². The third kappa shape index (κ3) is 3.83. The van der Waals surface area contributed by atoms with Gasteiger partial charge in [-0.05, 0) is 37.7 Å². The third-order valence-corrected chi connectivity index (χ3v) is 5.18. The Morgan fingerprint density at radius 2 is 1.77 bits per heavy atom. The quantitative estimate of drug-likeness (QED) is 0.557. The van der Waals surface area contributed by atoms with Gasteiger partial charge in [0.05, 0.1) is 5.57 Å². The summed E-state index contributed by atoms with van der Waals surface area (Å²) in [6.45, 7) is 7.46. The number of ether oxygens (including phenoxy) is 1. The second kappa shape index (κ2) is 8.49. The second-order valence-corrected chi connectivity index (χ2v) is 7.07. The van der Waals surface area contributed by atoms with Gasteiger partial charge in [0.15, 0.2) is 0 Å². The molecule has 2 aliphatic heterocycles. The predicted octanol–water partition coefficient (Wildman–Crippen LogP) is 2.93. The van der Waals surface area contributed by atoms with Crippen LogP contribution in [0, 0.1) is 5.92 Å². The summed E-state index contributed by atoms with van der Waals surface area (Å²) in [7, 11) is 0. The molecule has 0 saturated carbocycles. The number of amides is 2. The van der Waals surface area contributed by atoms with E-state index in [4.69, 9.17) is 4.74 Å². The zero-order chi connectivity index (χ0) is 18.5. The fourth-order valence-electron chi connectivity index (χ4n) is 3.63. The number of imide groups is 1. The second-order valence-electron chi connectivity index (χ2n) is 7.07. The van der Waals surface area contributed by atoms with Crippen LogP contribution in [0.5, 0.6) is 0 Å². The molecule has 2 amide bonds. The van der Waals surface area contributed by atoms with Crippen LogP contribution in [-0.4, -0.2) is 54.5 Å². The molecule has 0 atom stereocenters. The number of benzene rings is 1. The van der Waals surface area contributed by atoms with Crippen molar-refractivity contribution in [1.29, 1.82) is 0 Å². The number of piperidine rings is 1. The Kier molecular flexibility index (Phi) is 6.09. The molecule has 0 aromatic heterocycles. The molecule has 0 aliphatic carbocycles. The van der Waals surface area contributed by atoms with Crippen molar-refractivity contribution in [2.45, 2.75) is 33.1 Å². The van der Waals surface area contributed by atoms with Gasteiger partial charge < -0.3 is 9.64 Å². The van der Waals surface area contributed by atoms with Gasteiger partial charge in [-0.15, -0.1) is 0 Å². The van der Waals surface area contributed by atoms with Crippen molar-refractivity contribution in [3.63, 3.8) is 0 Å².